The van der Waals surface area contributed by atoms with Crippen molar-refractivity contribution in [2.24, 2.45) is 0 Å². The molecule has 106 valence electrons. The van der Waals surface area contributed by atoms with Crippen LogP contribution in [-0.4, -0.2) is 10.1 Å². The van der Waals surface area contributed by atoms with E-state index >= 15 is 0 Å². The van der Waals surface area contributed by atoms with E-state index in [0.29, 0.717) is 23.0 Å². The molecule has 2 N–H and O–H groups in total. The van der Waals surface area contributed by atoms with Crippen molar-refractivity contribution in [3.05, 3.63) is 52.3 Å². The summed E-state index contributed by atoms with van der Waals surface area (Å²) in [7, 11) is 0. The lowest BCUT2D eigenvalue weighted by atomic mass is 10.1. The summed E-state index contributed by atoms with van der Waals surface area (Å²) in [6, 6.07) is 9.95. The second kappa shape index (κ2) is 5.29. The van der Waals surface area contributed by atoms with Crippen molar-refractivity contribution < 1.29 is 8.91 Å². The lowest BCUT2D eigenvalue weighted by Gasteiger charge is -1.99. The third-order valence-corrected chi connectivity index (χ3v) is 3.66. The van der Waals surface area contributed by atoms with Gasteiger partial charge in [0.2, 0.25) is 5.82 Å². The Balaban J connectivity index is 2.01. The first-order valence-corrected chi connectivity index (χ1v) is 6.99. The molecule has 0 amide bonds. The molecular weight excluding hydrogens is 337 g/mol. The Kier molecular flexibility index (Phi) is 3.47. The van der Waals surface area contributed by atoms with Gasteiger partial charge in [-0.3, -0.25) is 0 Å². The van der Waals surface area contributed by atoms with Crippen LogP contribution in [0.2, 0.25) is 0 Å². The highest BCUT2D eigenvalue weighted by Crippen LogP contribution is 2.28. The predicted molar refractivity (Wildman–Crippen MR) is 82.0 cm³/mol. The number of aryl methyl sites for hydroxylation is 1. The minimum absolute atomic E-state index is 0.327. The van der Waals surface area contributed by atoms with E-state index in [-0.39, 0.29) is 5.82 Å². The van der Waals surface area contributed by atoms with Crippen molar-refractivity contribution in [1.82, 2.24) is 10.1 Å². The highest BCUT2D eigenvalue weighted by Gasteiger charge is 2.12. The molecule has 1 aromatic heterocycles. The minimum atomic E-state index is -0.327. The van der Waals surface area contributed by atoms with Crippen molar-refractivity contribution in [3.8, 4) is 22.8 Å². The van der Waals surface area contributed by atoms with Crippen LogP contribution in [0.25, 0.3) is 22.8 Å². The number of nitrogens with two attached hydrogens (primary N) is 1. The first kappa shape index (κ1) is 13.8. The maximum Gasteiger partial charge on any atom is 0.258 e. The van der Waals surface area contributed by atoms with Crippen LogP contribution in [0.1, 0.15) is 5.56 Å². The first-order chi connectivity index (χ1) is 10.0. The molecule has 0 atom stereocenters. The van der Waals surface area contributed by atoms with Gasteiger partial charge in [0.05, 0.1) is 0 Å². The van der Waals surface area contributed by atoms with E-state index in [1.807, 2.05) is 6.92 Å². The molecule has 21 heavy (non-hydrogen) atoms. The van der Waals surface area contributed by atoms with Gasteiger partial charge in [0, 0.05) is 21.3 Å². The zero-order chi connectivity index (χ0) is 15.0. The molecule has 0 bridgehead atoms. The zero-order valence-corrected chi connectivity index (χ0v) is 12.7. The van der Waals surface area contributed by atoms with E-state index in [2.05, 4.69) is 26.1 Å². The van der Waals surface area contributed by atoms with E-state index in [9.17, 15) is 4.39 Å². The Bertz CT molecular complexity index is 796. The van der Waals surface area contributed by atoms with Crippen LogP contribution in [0.3, 0.4) is 0 Å². The highest BCUT2D eigenvalue weighted by atomic mass is 79.9. The molecular formula is C15H11BrFN3O. The lowest BCUT2D eigenvalue weighted by Crippen LogP contribution is -1.87. The summed E-state index contributed by atoms with van der Waals surface area (Å²) in [5, 5.41) is 3.90. The van der Waals surface area contributed by atoms with Gasteiger partial charge in [-0.25, -0.2) is 4.39 Å². The Labute approximate surface area is 128 Å². The molecule has 3 rings (SSSR count). The largest absolute Gasteiger partial charge is 0.398 e. The molecule has 3 aromatic rings. The van der Waals surface area contributed by atoms with Gasteiger partial charge in [-0.2, -0.15) is 4.98 Å². The number of anilines is 1. The molecule has 0 radical (unpaired) electrons. The van der Waals surface area contributed by atoms with Crippen LogP contribution in [-0.2, 0) is 0 Å². The molecule has 0 aliphatic carbocycles. The van der Waals surface area contributed by atoms with Crippen molar-refractivity contribution >= 4 is 21.6 Å². The van der Waals surface area contributed by atoms with E-state index in [0.717, 1.165) is 15.6 Å². The van der Waals surface area contributed by atoms with E-state index in [4.69, 9.17) is 10.3 Å². The first-order valence-electron chi connectivity index (χ1n) is 6.19. The van der Waals surface area contributed by atoms with Crippen LogP contribution < -0.4 is 5.73 Å². The van der Waals surface area contributed by atoms with Crippen molar-refractivity contribution in [3.63, 3.8) is 0 Å². The molecule has 1 heterocycles. The monoisotopic (exact) mass is 347 g/mol. The second-order valence-corrected chi connectivity index (χ2v) is 5.53. The molecule has 6 heteroatoms. The maximum absolute atomic E-state index is 13.4. The molecule has 0 fully saturated rings. The average molecular weight is 348 g/mol. The van der Waals surface area contributed by atoms with E-state index in [1.165, 1.54) is 12.1 Å². The predicted octanol–water partition coefficient (Wildman–Crippen LogP) is 4.20. The van der Waals surface area contributed by atoms with Gasteiger partial charge in [-0.15, -0.1) is 0 Å². The molecule has 4 nitrogen and oxygen atoms in total. The molecule has 0 saturated carbocycles. The third-order valence-electron chi connectivity index (χ3n) is 2.97. The number of rotatable bonds is 2. The van der Waals surface area contributed by atoms with E-state index < -0.39 is 0 Å². The molecule has 0 aliphatic heterocycles. The number of benzene rings is 2. The quantitative estimate of drug-likeness (QED) is 0.705. The summed E-state index contributed by atoms with van der Waals surface area (Å²) in [6.07, 6.45) is 0. The SMILES string of the molecule is Cc1cc(F)cc(-c2noc(-c3ccc(N)c(Br)c3)n2)c1. The number of aromatic nitrogens is 2. The second-order valence-electron chi connectivity index (χ2n) is 4.68. The van der Waals surface area contributed by atoms with Gasteiger partial charge in [0.15, 0.2) is 0 Å². The Morgan fingerprint density at radius 1 is 1.14 bits per heavy atom. The number of hydrogen-bond donors (Lipinski definition) is 1. The molecule has 0 aliphatic rings. The fourth-order valence-corrected chi connectivity index (χ4v) is 2.36. The van der Waals surface area contributed by atoms with Gasteiger partial charge in [0.25, 0.3) is 5.89 Å². The topological polar surface area (TPSA) is 64.9 Å². The highest BCUT2D eigenvalue weighted by molar-refractivity contribution is 9.10. The summed E-state index contributed by atoms with van der Waals surface area (Å²) in [4.78, 5) is 4.30. The fraction of sp³-hybridized carbons (Fsp3) is 0.0667. The van der Waals surface area contributed by atoms with Crippen LogP contribution in [0.5, 0.6) is 0 Å². The van der Waals surface area contributed by atoms with Gasteiger partial charge in [-0.1, -0.05) is 5.16 Å². The standard InChI is InChI=1S/C15H11BrFN3O/c1-8-4-10(6-11(17)5-8)14-19-15(21-20-14)9-2-3-13(18)12(16)7-9/h2-7H,18H2,1H3. The Morgan fingerprint density at radius 2 is 1.95 bits per heavy atom. The fourth-order valence-electron chi connectivity index (χ4n) is 1.98. The van der Waals surface area contributed by atoms with Gasteiger partial charge < -0.3 is 10.3 Å². The average Bonchev–Trinajstić information content (AvgIpc) is 2.90. The van der Waals surface area contributed by atoms with Crippen molar-refractivity contribution in [1.29, 1.82) is 0 Å². The zero-order valence-electron chi connectivity index (χ0n) is 11.1. The molecule has 0 unspecified atom stereocenters. The van der Waals surface area contributed by atoms with Crippen LogP contribution in [0.4, 0.5) is 10.1 Å². The van der Waals surface area contributed by atoms with Crippen molar-refractivity contribution in [2.75, 3.05) is 5.73 Å². The van der Waals surface area contributed by atoms with Gasteiger partial charge in [-0.05, 0) is 64.8 Å². The normalized spacial score (nSPS) is 10.8. The van der Waals surface area contributed by atoms with Crippen LogP contribution >= 0.6 is 15.9 Å². The lowest BCUT2D eigenvalue weighted by molar-refractivity contribution is 0.432. The van der Waals surface area contributed by atoms with Crippen molar-refractivity contribution in [2.45, 2.75) is 6.92 Å². The summed E-state index contributed by atoms with van der Waals surface area (Å²) in [5.41, 5.74) is 8.48. The number of halogens is 2. The molecule has 0 saturated heterocycles. The third kappa shape index (κ3) is 2.80. The number of nitrogens with zero attached hydrogens (tertiary/aromatic N) is 2. The summed E-state index contributed by atoms with van der Waals surface area (Å²) in [5.74, 6) is 0.375. The van der Waals surface area contributed by atoms with Crippen LogP contribution in [0, 0.1) is 12.7 Å². The van der Waals surface area contributed by atoms with E-state index in [1.54, 1.807) is 24.3 Å². The number of nitrogen functional groups attached to an aromatic ring is 1. The summed E-state index contributed by atoms with van der Waals surface area (Å²) in [6.45, 7) is 1.81. The summed E-state index contributed by atoms with van der Waals surface area (Å²) < 4.78 is 19.4. The molecule has 2 aromatic carbocycles. The van der Waals surface area contributed by atoms with Gasteiger partial charge in [0.1, 0.15) is 5.82 Å². The Morgan fingerprint density at radius 3 is 2.67 bits per heavy atom. The minimum Gasteiger partial charge on any atom is -0.398 e. The smallest absolute Gasteiger partial charge is 0.258 e. The maximum atomic E-state index is 13.4. The Hall–Kier alpha value is -2.21. The van der Waals surface area contributed by atoms with Crippen LogP contribution in [0.15, 0.2) is 45.4 Å². The van der Waals surface area contributed by atoms with Gasteiger partial charge >= 0.3 is 0 Å². The molecule has 0 spiro atoms. The summed E-state index contributed by atoms with van der Waals surface area (Å²) >= 11 is 3.35. The number of hydrogen-bond acceptors (Lipinski definition) is 4.